The SMILES string of the molecule is OC[C@@H]1O[C@@H](O[C@@H]2[C@@H](O)[C@H](O[C@@H]3CO[C@@H](O[C@@H]4CO[C@@H](O[C@@H]5CO[C@@H](O[C@@H]6CO[C@@H](O[C@@H]7CO[C@@H](O)[C@H](O)[C@H]7O)[C@H](O)[C@H]6O)[C@H](O)[C@H]5O[C@@H]5O[C@@H](CO)[C@H](O)[C@H]5O)[C@H](O)[C@H]4O)[C@H](O)[C@H]3O)OC[C@H]2O[C@@H]2OC[C@@H](O)[C@H](O)[C@H]2O)[C@H](O)[C@H]1O. The van der Waals surface area contributed by atoms with E-state index in [9.17, 15) is 102 Å². The Bertz CT molecular complexity index is 1980. The summed E-state index contributed by atoms with van der Waals surface area (Å²) in [6, 6.07) is 0. The van der Waals surface area contributed by atoms with Crippen molar-refractivity contribution in [2.24, 2.45) is 0 Å². The summed E-state index contributed by atoms with van der Waals surface area (Å²) < 4.78 is 95.6. The summed E-state index contributed by atoms with van der Waals surface area (Å²) in [4.78, 5) is 0. The molecule has 9 aliphatic rings. The Labute approximate surface area is 463 Å². The van der Waals surface area contributed by atoms with Gasteiger partial charge < -0.3 is 183 Å². The summed E-state index contributed by atoms with van der Waals surface area (Å²) in [5.74, 6) is 0. The topological polar surface area (TPSA) is 562 Å². The molecule has 476 valence electrons. The average Bonchev–Trinajstić information content (AvgIpc) is 3.99. The molecule has 0 spiro atoms. The fourth-order valence-electron chi connectivity index (χ4n) is 10.4. The summed E-state index contributed by atoms with van der Waals surface area (Å²) in [7, 11) is 0. The molecule has 9 saturated heterocycles. The van der Waals surface area contributed by atoms with E-state index in [4.69, 9.17) is 80.5 Å². The van der Waals surface area contributed by atoms with E-state index in [0.717, 1.165) is 0 Å². The van der Waals surface area contributed by atoms with Gasteiger partial charge in [0.2, 0.25) is 0 Å². The summed E-state index contributed by atoms with van der Waals surface area (Å²) in [6.07, 6.45) is -61.2. The van der Waals surface area contributed by atoms with Gasteiger partial charge in [0.1, 0.15) is 165 Å². The number of ether oxygens (including phenoxy) is 17. The second-order valence-electron chi connectivity index (χ2n) is 21.1. The van der Waals surface area contributed by atoms with Crippen molar-refractivity contribution in [2.45, 2.75) is 221 Å². The maximum Gasteiger partial charge on any atom is 0.187 e. The van der Waals surface area contributed by atoms with Gasteiger partial charge in [-0.05, 0) is 0 Å². The highest BCUT2D eigenvalue weighted by atomic mass is 16.8. The largest absolute Gasteiger partial charge is 0.394 e. The molecule has 0 radical (unpaired) electrons. The van der Waals surface area contributed by atoms with Gasteiger partial charge >= 0.3 is 0 Å². The first kappa shape index (κ1) is 65.0. The van der Waals surface area contributed by atoms with Crippen molar-refractivity contribution in [1.29, 1.82) is 0 Å². The molecule has 9 aliphatic heterocycles. The minimum atomic E-state index is -2.02. The zero-order chi connectivity index (χ0) is 59.2. The first-order chi connectivity index (χ1) is 39.0. The number of aliphatic hydroxyl groups is 20. The normalized spacial score (nSPS) is 54.3. The third kappa shape index (κ3) is 13.7. The van der Waals surface area contributed by atoms with E-state index >= 15 is 0 Å². The van der Waals surface area contributed by atoms with Crippen LogP contribution in [-0.2, 0) is 80.5 Å². The molecule has 0 aromatic rings. The molecule has 82 heavy (non-hydrogen) atoms. The summed E-state index contributed by atoms with van der Waals surface area (Å²) in [5, 5.41) is 212. The maximum absolute atomic E-state index is 11.7. The van der Waals surface area contributed by atoms with E-state index in [0.29, 0.717) is 0 Å². The van der Waals surface area contributed by atoms with Gasteiger partial charge in [-0.3, -0.25) is 0 Å². The molecule has 0 amide bonds. The van der Waals surface area contributed by atoms with Crippen LogP contribution in [0.5, 0.6) is 0 Å². The summed E-state index contributed by atoms with van der Waals surface area (Å²) in [6.45, 7) is -5.37. The summed E-state index contributed by atoms with van der Waals surface area (Å²) >= 11 is 0. The van der Waals surface area contributed by atoms with Crippen LogP contribution in [0.2, 0.25) is 0 Å². The Hall–Kier alpha value is -1.48. The molecule has 9 rings (SSSR count). The third-order valence-electron chi connectivity index (χ3n) is 15.5. The van der Waals surface area contributed by atoms with Gasteiger partial charge in [-0.25, -0.2) is 0 Å². The van der Waals surface area contributed by atoms with Crippen molar-refractivity contribution >= 4 is 0 Å². The first-order valence-electron chi connectivity index (χ1n) is 26.3. The molecule has 0 bridgehead atoms. The summed E-state index contributed by atoms with van der Waals surface area (Å²) in [5.41, 5.74) is 0. The Morgan fingerprint density at radius 1 is 0.244 bits per heavy atom. The second-order valence-corrected chi connectivity index (χ2v) is 21.1. The Balaban J connectivity index is 0.792. The molecule has 20 N–H and O–H groups in total. The van der Waals surface area contributed by atoms with Crippen LogP contribution < -0.4 is 0 Å². The Kier molecular flexibility index (Phi) is 22.1. The molecule has 0 unspecified atom stereocenters. The van der Waals surface area contributed by atoms with E-state index in [1.807, 2.05) is 0 Å². The molecule has 9 heterocycles. The minimum Gasteiger partial charge on any atom is -0.394 e. The van der Waals surface area contributed by atoms with Crippen molar-refractivity contribution < 1.29 is 183 Å². The van der Waals surface area contributed by atoms with Gasteiger partial charge in [-0.1, -0.05) is 0 Å². The lowest BCUT2D eigenvalue weighted by atomic mass is 10.0. The fourth-order valence-corrected chi connectivity index (χ4v) is 10.4. The molecule has 0 aromatic carbocycles. The lowest BCUT2D eigenvalue weighted by molar-refractivity contribution is -0.376. The van der Waals surface area contributed by atoms with Crippen molar-refractivity contribution in [3.05, 3.63) is 0 Å². The zero-order valence-corrected chi connectivity index (χ0v) is 43.0. The lowest BCUT2D eigenvalue weighted by Crippen LogP contribution is -2.64. The molecule has 36 atom stereocenters. The number of rotatable bonds is 18. The highest BCUT2D eigenvalue weighted by molar-refractivity contribution is 4.97. The molecule has 37 heteroatoms. The monoisotopic (exact) mass is 1210 g/mol. The van der Waals surface area contributed by atoms with Crippen molar-refractivity contribution in [3.8, 4) is 0 Å². The van der Waals surface area contributed by atoms with E-state index in [-0.39, 0.29) is 0 Å². The molecule has 0 saturated carbocycles. The minimum absolute atomic E-state index is 0.432. The van der Waals surface area contributed by atoms with Gasteiger partial charge in [0, 0.05) is 0 Å². The van der Waals surface area contributed by atoms with Crippen LogP contribution in [0.1, 0.15) is 0 Å². The molecule has 37 nitrogen and oxygen atoms in total. The van der Waals surface area contributed by atoms with Crippen LogP contribution in [0.4, 0.5) is 0 Å². The van der Waals surface area contributed by atoms with Gasteiger partial charge in [0.25, 0.3) is 0 Å². The highest BCUT2D eigenvalue weighted by Gasteiger charge is 2.56. The van der Waals surface area contributed by atoms with Gasteiger partial charge in [0.15, 0.2) is 56.6 Å². The fraction of sp³-hybridized carbons (Fsp3) is 1.00. The van der Waals surface area contributed by atoms with Crippen LogP contribution in [0.3, 0.4) is 0 Å². The molecular formula is C45H74O37. The van der Waals surface area contributed by atoms with Gasteiger partial charge in [0.05, 0.1) is 59.5 Å². The first-order valence-corrected chi connectivity index (χ1v) is 26.3. The van der Waals surface area contributed by atoms with Crippen LogP contribution in [-0.4, -0.2) is 383 Å². The maximum atomic E-state index is 11.7. The Morgan fingerprint density at radius 3 is 0.854 bits per heavy atom. The third-order valence-corrected chi connectivity index (χ3v) is 15.5. The van der Waals surface area contributed by atoms with Crippen LogP contribution in [0.25, 0.3) is 0 Å². The molecule has 0 aromatic heterocycles. The van der Waals surface area contributed by atoms with E-state index in [1.165, 1.54) is 0 Å². The number of aliphatic hydroxyl groups excluding tert-OH is 20. The Morgan fingerprint density at radius 2 is 0.512 bits per heavy atom. The van der Waals surface area contributed by atoms with Gasteiger partial charge in [-0.15, -0.1) is 0 Å². The predicted octanol–water partition coefficient (Wildman–Crippen LogP) is -14.9. The highest BCUT2D eigenvalue weighted by Crippen LogP contribution is 2.36. The predicted molar refractivity (Wildman–Crippen MR) is 243 cm³/mol. The van der Waals surface area contributed by atoms with E-state index in [2.05, 4.69) is 0 Å². The van der Waals surface area contributed by atoms with E-state index in [1.54, 1.807) is 0 Å². The lowest BCUT2D eigenvalue weighted by Gasteiger charge is -2.46. The van der Waals surface area contributed by atoms with Crippen LogP contribution >= 0.6 is 0 Å². The standard InChI is InChI=1S/C45H74O37/c46-1-11-20(50)31(61)44(73-11)81-35-17(79-38-27(57)19(49)10(48)3-67-38)8-71-42(33(35)63)78-16-7-69-40(29(59)25(16)55)76-14-5-70-41(30(60)23(14)53)80-18-9-72-43(34(64)36(18)82-45-32(62)21(51)12(2-47)74-45)77-15-6-68-39(28(58)24(15)54)75-13-4-66-37(65)26(56)22(13)52/h10-65H,1-9H2/t10-,11+,12+,13-,14-,15-,16-,17-,18-,19+,20+,21+,22+,23+,24+,25+,26-,27-,28-,29-,30-,31-,32-,33-,34-,35+,36+,37-,38+,39+,40+,41+,42+,43+,44+,45+/m1/s1. The smallest absolute Gasteiger partial charge is 0.187 e. The van der Waals surface area contributed by atoms with Gasteiger partial charge in [-0.2, -0.15) is 0 Å². The number of hydrogen-bond donors (Lipinski definition) is 20. The molecule has 0 aliphatic carbocycles. The van der Waals surface area contributed by atoms with Crippen molar-refractivity contribution in [1.82, 2.24) is 0 Å². The van der Waals surface area contributed by atoms with Crippen LogP contribution in [0.15, 0.2) is 0 Å². The van der Waals surface area contributed by atoms with Crippen molar-refractivity contribution in [3.63, 3.8) is 0 Å². The van der Waals surface area contributed by atoms with E-state index < -0.39 is 281 Å². The van der Waals surface area contributed by atoms with Crippen LogP contribution in [0, 0.1) is 0 Å². The second kappa shape index (κ2) is 27.9. The molecular weight excluding hydrogens is 1130 g/mol. The average molecular weight is 1210 g/mol. The zero-order valence-electron chi connectivity index (χ0n) is 43.0. The number of hydrogen-bond acceptors (Lipinski definition) is 37. The van der Waals surface area contributed by atoms with Crippen molar-refractivity contribution in [2.75, 3.05) is 59.5 Å². The quantitative estimate of drug-likeness (QED) is 0.0606. The molecule has 9 fully saturated rings.